The minimum Gasteiger partial charge on any atom is -0.393 e. The first-order chi connectivity index (χ1) is 8.63. The van der Waals surface area contributed by atoms with Crippen LogP contribution in [0.4, 0.5) is 0 Å². The highest BCUT2D eigenvalue weighted by molar-refractivity contribution is 6.76. The lowest BCUT2D eigenvalue weighted by molar-refractivity contribution is -0.122. The van der Waals surface area contributed by atoms with Gasteiger partial charge in [-0.2, -0.15) is 0 Å². The van der Waals surface area contributed by atoms with E-state index in [0.717, 1.165) is 6.04 Å². The molecule has 2 N–H and O–H groups in total. The summed E-state index contributed by atoms with van der Waals surface area (Å²) in [6, 6.07) is 1.11. The maximum Gasteiger partial charge on any atom is 0.147 e. The zero-order valence-corrected chi connectivity index (χ0v) is 14.3. The van der Waals surface area contributed by atoms with Gasteiger partial charge < -0.3 is 19.7 Å². The molecule has 4 nitrogen and oxygen atoms in total. The normalized spacial score (nSPS) is 17.5. The average molecular weight is 292 g/mol. The Labute approximate surface area is 119 Å². The summed E-state index contributed by atoms with van der Waals surface area (Å²) in [6.07, 6.45) is -1.12. The van der Waals surface area contributed by atoms with Crippen LogP contribution < -0.4 is 0 Å². The molecule has 0 aromatic rings. The van der Waals surface area contributed by atoms with Gasteiger partial charge in [0.1, 0.15) is 6.79 Å². The van der Waals surface area contributed by atoms with Crippen LogP contribution in [0.1, 0.15) is 27.2 Å². The molecule has 0 rings (SSSR count). The van der Waals surface area contributed by atoms with Gasteiger partial charge in [0.15, 0.2) is 0 Å². The van der Waals surface area contributed by atoms with E-state index in [2.05, 4.69) is 19.6 Å². The SMILES string of the molecule is CC(C)[C@H](O)C[C@@H](O)[C@@H](C)OCOCC[Si](C)(C)C. The van der Waals surface area contributed by atoms with E-state index in [0.29, 0.717) is 13.0 Å². The lowest BCUT2D eigenvalue weighted by Crippen LogP contribution is -2.32. The predicted molar refractivity (Wildman–Crippen MR) is 81.0 cm³/mol. The fraction of sp³-hybridized carbons (Fsp3) is 1.00. The van der Waals surface area contributed by atoms with Gasteiger partial charge in [0.05, 0.1) is 18.3 Å². The van der Waals surface area contributed by atoms with Crippen molar-refractivity contribution in [3.63, 3.8) is 0 Å². The van der Waals surface area contributed by atoms with E-state index in [9.17, 15) is 10.2 Å². The number of hydrogen-bond donors (Lipinski definition) is 2. The third-order valence-corrected chi connectivity index (χ3v) is 4.91. The standard InChI is InChI=1S/C14H32O4Si/c1-11(2)13(15)9-14(16)12(3)18-10-17-7-8-19(4,5)6/h11-16H,7-10H2,1-6H3/t12-,13-,14-/m1/s1. The van der Waals surface area contributed by atoms with E-state index in [1.54, 1.807) is 6.92 Å². The first-order valence-corrected chi connectivity index (χ1v) is 10.9. The molecule has 0 unspecified atom stereocenters. The molecule has 0 bridgehead atoms. The highest BCUT2D eigenvalue weighted by atomic mass is 28.3. The summed E-state index contributed by atoms with van der Waals surface area (Å²) in [5, 5.41) is 19.6. The Morgan fingerprint density at radius 2 is 1.58 bits per heavy atom. The molecule has 19 heavy (non-hydrogen) atoms. The van der Waals surface area contributed by atoms with Gasteiger partial charge in [0.2, 0.25) is 0 Å². The maximum atomic E-state index is 9.89. The lowest BCUT2D eigenvalue weighted by Gasteiger charge is -2.23. The smallest absolute Gasteiger partial charge is 0.147 e. The minimum absolute atomic E-state index is 0.148. The topological polar surface area (TPSA) is 58.9 Å². The van der Waals surface area contributed by atoms with Gasteiger partial charge in [-0.15, -0.1) is 0 Å². The number of ether oxygens (including phenoxy) is 2. The Balaban J connectivity index is 3.71. The van der Waals surface area contributed by atoms with Crippen LogP contribution in [0.25, 0.3) is 0 Å². The van der Waals surface area contributed by atoms with E-state index < -0.39 is 20.3 Å². The highest BCUT2D eigenvalue weighted by Crippen LogP contribution is 2.13. The first kappa shape index (κ1) is 19.1. The number of aliphatic hydroxyl groups is 2. The van der Waals surface area contributed by atoms with Crippen LogP contribution in [-0.2, 0) is 9.47 Å². The summed E-state index contributed by atoms with van der Waals surface area (Å²) in [5.41, 5.74) is 0. The predicted octanol–water partition coefficient (Wildman–Crippen LogP) is 2.47. The molecule has 0 heterocycles. The molecule has 0 aliphatic rings. The number of aliphatic hydroxyl groups excluding tert-OH is 2. The molecule has 0 saturated heterocycles. The molecule has 0 aliphatic carbocycles. The Morgan fingerprint density at radius 3 is 2.05 bits per heavy atom. The zero-order chi connectivity index (χ0) is 15.1. The molecule has 0 aromatic heterocycles. The second kappa shape index (κ2) is 9.08. The molecule has 5 heteroatoms. The fourth-order valence-electron chi connectivity index (χ4n) is 1.42. The summed E-state index contributed by atoms with van der Waals surface area (Å²) in [4.78, 5) is 0. The minimum atomic E-state index is -1.05. The first-order valence-electron chi connectivity index (χ1n) is 7.19. The summed E-state index contributed by atoms with van der Waals surface area (Å²) in [6.45, 7) is 13.5. The molecule has 0 amide bonds. The van der Waals surface area contributed by atoms with Gasteiger partial charge >= 0.3 is 0 Å². The van der Waals surface area contributed by atoms with E-state index in [-0.39, 0.29) is 18.8 Å². The van der Waals surface area contributed by atoms with Crippen molar-refractivity contribution < 1.29 is 19.7 Å². The van der Waals surface area contributed by atoms with Crippen LogP contribution in [0.5, 0.6) is 0 Å². The zero-order valence-electron chi connectivity index (χ0n) is 13.3. The van der Waals surface area contributed by atoms with E-state index in [1.165, 1.54) is 0 Å². The van der Waals surface area contributed by atoms with E-state index in [4.69, 9.17) is 9.47 Å². The van der Waals surface area contributed by atoms with Crippen molar-refractivity contribution >= 4 is 8.07 Å². The Bertz CT molecular complexity index is 228. The summed E-state index contributed by atoms with van der Waals surface area (Å²) in [7, 11) is -1.05. The van der Waals surface area contributed by atoms with Gasteiger partial charge in [-0.05, 0) is 18.9 Å². The molecular formula is C14H32O4Si. The van der Waals surface area contributed by atoms with Crippen LogP contribution in [0.2, 0.25) is 25.7 Å². The second-order valence-electron chi connectivity index (χ2n) is 6.82. The van der Waals surface area contributed by atoms with Crippen LogP contribution in [0.3, 0.4) is 0 Å². The van der Waals surface area contributed by atoms with Gasteiger partial charge in [0.25, 0.3) is 0 Å². The third kappa shape index (κ3) is 10.5. The lowest BCUT2D eigenvalue weighted by atomic mass is 9.99. The number of rotatable bonds is 10. The monoisotopic (exact) mass is 292 g/mol. The molecule has 116 valence electrons. The van der Waals surface area contributed by atoms with Gasteiger partial charge in [-0.3, -0.25) is 0 Å². The highest BCUT2D eigenvalue weighted by Gasteiger charge is 2.21. The van der Waals surface area contributed by atoms with Crippen molar-refractivity contribution in [1.29, 1.82) is 0 Å². The van der Waals surface area contributed by atoms with Crippen molar-refractivity contribution in [2.75, 3.05) is 13.4 Å². The largest absolute Gasteiger partial charge is 0.393 e. The Kier molecular flexibility index (Phi) is 9.10. The van der Waals surface area contributed by atoms with Crippen molar-refractivity contribution in [2.24, 2.45) is 5.92 Å². The van der Waals surface area contributed by atoms with Gasteiger partial charge in [-0.1, -0.05) is 33.5 Å². The summed E-state index contributed by atoms with van der Waals surface area (Å²) < 4.78 is 10.9. The Morgan fingerprint density at radius 1 is 1.00 bits per heavy atom. The van der Waals surface area contributed by atoms with Crippen molar-refractivity contribution in [3.8, 4) is 0 Å². The number of hydrogen-bond acceptors (Lipinski definition) is 4. The van der Waals surface area contributed by atoms with Gasteiger partial charge in [0, 0.05) is 21.1 Å². The van der Waals surface area contributed by atoms with Crippen LogP contribution in [0.15, 0.2) is 0 Å². The molecule has 0 saturated carbocycles. The van der Waals surface area contributed by atoms with Gasteiger partial charge in [-0.25, -0.2) is 0 Å². The quantitative estimate of drug-likeness (QED) is 0.369. The van der Waals surface area contributed by atoms with Crippen LogP contribution in [-0.4, -0.2) is 50.0 Å². The van der Waals surface area contributed by atoms with E-state index in [1.807, 2.05) is 13.8 Å². The second-order valence-corrected chi connectivity index (χ2v) is 12.4. The average Bonchev–Trinajstić information content (AvgIpc) is 2.26. The van der Waals surface area contributed by atoms with E-state index >= 15 is 0 Å². The third-order valence-electron chi connectivity index (χ3n) is 3.21. The summed E-state index contributed by atoms with van der Waals surface area (Å²) >= 11 is 0. The molecule has 0 aromatic carbocycles. The molecule has 3 atom stereocenters. The molecule has 0 radical (unpaired) electrons. The molecule has 0 aliphatic heterocycles. The van der Waals surface area contributed by atoms with Crippen LogP contribution >= 0.6 is 0 Å². The summed E-state index contributed by atoms with van der Waals surface area (Å²) in [5.74, 6) is 0.148. The molecule has 0 spiro atoms. The van der Waals surface area contributed by atoms with Crippen molar-refractivity contribution in [3.05, 3.63) is 0 Å². The van der Waals surface area contributed by atoms with Crippen molar-refractivity contribution in [1.82, 2.24) is 0 Å². The van der Waals surface area contributed by atoms with Crippen molar-refractivity contribution in [2.45, 2.75) is 71.2 Å². The maximum absolute atomic E-state index is 9.89. The Hall–Kier alpha value is 0.0569. The fourth-order valence-corrected chi connectivity index (χ4v) is 2.17. The molecule has 0 fully saturated rings. The molecular weight excluding hydrogens is 260 g/mol. The van der Waals surface area contributed by atoms with Crippen LogP contribution in [0, 0.1) is 5.92 Å².